The first-order valence-corrected chi connectivity index (χ1v) is 6.90. The van der Waals surface area contributed by atoms with Gasteiger partial charge in [-0.1, -0.05) is 16.8 Å². The molecule has 2 atom stereocenters. The molecule has 1 aliphatic heterocycles. The first kappa shape index (κ1) is 14.6. The van der Waals surface area contributed by atoms with Crippen molar-refractivity contribution in [3.63, 3.8) is 0 Å². The van der Waals surface area contributed by atoms with Crippen LogP contribution in [0, 0.1) is 0 Å². The van der Waals surface area contributed by atoms with Gasteiger partial charge in [-0.3, -0.25) is 4.79 Å². The number of alkyl halides is 1. The molecule has 1 heterocycles. The minimum Gasteiger partial charge on any atom is -0.461 e. The van der Waals surface area contributed by atoms with E-state index < -0.39 is 16.9 Å². The van der Waals surface area contributed by atoms with Crippen molar-refractivity contribution in [3.8, 4) is 0 Å². The number of ether oxygens (including phenoxy) is 1. The van der Waals surface area contributed by atoms with Crippen LogP contribution in [0.2, 0.25) is 0 Å². The van der Waals surface area contributed by atoms with Crippen molar-refractivity contribution >= 4 is 56.6 Å². The largest absolute Gasteiger partial charge is 0.461 e. The number of oxime groups is 1. The van der Waals surface area contributed by atoms with Gasteiger partial charge in [0.1, 0.15) is 5.38 Å². The summed E-state index contributed by atoms with van der Waals surface area (Å²) in [6, 6.07) is 0. The van der Waals surface area contributed by atoms with E-state index in [4.69, 9.17) is 32.8 Å². The molecule has 0 unspecified atom stereocenters. The van der Waals surface area contributed by atoms with Crippen molar-refractivity contribution in [1.82, 2.24) is 0 Å². The maximum atomic E-state index is 11.7. The van der Waals surface area contributed by atoms with E-state index in [-0.39, 0.29) is 27.6 Å². The van der Waals surface area contributed by atoms with Crippen molar-refractivity contribution in [2.45, 2.75) is 17.9 Å². The van der Waals surface area contributed by atoms with Crippen molar-refractivity contribution in [2.75, 3.05) is 6.61 Å². The van der Waals surface area contributed by atoms with Gasteiger partial charge in [0, 0.05) is 6.08 Å². The van der Waals surface area contributed by atoms with Crippen molar-refractivity contribution in [3.05, 3.63) is 21.7 Å². The molecule has 0 N–H and O–H groups in total. The van der Waals surface area contributed by atoms with E-state index >= 15 is 0 Å². The van der Waals surface area contributed by atoms with Crippen LogP contribution in [0.25, 0.3) is 0 Å². The first-order valence-electron chi connectivity index (χ1n) is 5.30. The summed E-state index contributed by atoms with van der Waals surface area (Å²) >= 11 is 15.3. The van der Waals surface area contributed by atoms with Gasteiger partial charge in [0.05, 0.1) is 16.1 Å². The molecular weight excluding hydrogens is 361 g/mol. The number of hydrogen-bond acceptors (Lipinski definition) is 5. The first-order chi connectivity index (χ1) is 8.92. The second-order valence-electron chi connectivity index (χ2n) is 3.79. The Morgan fingerprint density at radius 2 is 2.37 bits per heavy atom. The fraction of sp³-hybridized carbons (Fsp3) is 0.364. The maximum absolute atomic E-state index is 11.7. The lowest BCUT2D eigenvalue weighted by Gasteiger charge is -2.28. The van der Waals surface area contributed by atoms with Crippen LogP contribution in [0.5, 0.6) is 0 Å². The highest BCUT2D eigenvalue weighted by atomic mass is 79.9. The molecule has 0 saturated heterocycles. The number of carbonyl (C=O) groups is 2. The standard InChI is InChI=1S/C11H8BrCl2NO4/c1-2-18-10(17)8-9(14)11(19-15-8)4-5(12)6(16)3-7(11)13/h3-4,9H,2H2,1H3/t9-,11+/m1/s1. The van der Waals surface area contributed by atoms with Gasteiger partial charge >= 0.3 is 5.97 Å². The zero-order chi connectivity index (χ0) is 14.2. The SMILES string of the molecule is CCOC(=O)C1=NO[C@]2(C=C(Br)C(=O)C=C2Cl)[C@@H]1Cl. The summed E-state index contributed by atoms with van der Waals surface area (Å²) < 4.78 is 5.06. The Kier molecular flexibility index (Phi) is 4.03. The number of hydrogen-bond donors (Lipinski definition) is 0. The Morgan fingerprint density at radius 3 is 3.00 bits per heavy atom. The molecule has 0 aromatic rings. The monoisotopic (exact) mass is 367 g/mol. The predicted octanol–water partition coefficient (Wildman–Crippen LogP) is 2.27. The summed E-state index contributed by atoms with van der Waals surface area (Å²) in [7, 11) is 0. The van der Waals surface area contributed by atoms with E-state index in [1.165, 1.54) is 12.2 Å². The lowest BCUT2D eigenvalue weighted by molar-refractivity contribution is -0.135. The van der Waals surface area contributed by atoms with Gasteiger partial charge in [-0.2, -0.15) is 0 Å². The highest BCUT2D eigenvalue weighted by Gasteiger charge is 2.53. The summed E-state index contributed by atoms with van der Waals surface area (Å²) in [5, 5.41) is 2.71. The fourth-order valence-electron chi connectivity index (χ4n) is 1.66. The molecule has 5 nitrogen and oxygen atoms in total. The summed E-state index contributed by atoms with van der Waals surface area (Å²) in [5.41, 5.74) is -1.43. The van der Waals surface area contributed by atoms with E-state index in [1.807, 2.05) is 0 Å². The number of halogens is 3. The lowest BCUT2D eigenvalue weighted by atomic mass is 9.91. The van der Waals surface area contributed by atoms with Gasteiger partial charge in [0.25, 0.3) is 0 Å². The van der Waals surface area contributed by atoms with E-state index in [9.17, 15) is 9.59 Å². The normalized spacial score (nSPS) is 29.6. The van der Waals surface area contributed by atoms with Crippen molar-refractivity contribution in [1.29, 1.82) is 0 Å². The minimum atomic E-state index is -1.35. The van der Waals surface area contributed by atoms with Gasteiger partial charge in [-0.15, -0.1) is 11.6 Å². The molecule has 0 aromatic carbocycles. The molecule has 102 valence electrons. The van der Waals surface area contributed by atoms with Gasteiger partial charge in [0.2, 0.25) is 5.60 Å². The quantitative estimate of drug-likeness (QED) is 0.554. The number of carbonyl (C=O) groups excluding carboxylic acids is 2. The van der Waals surface area contributed by atoms with E-state index in [0.29, 0.717) is 0 Å². The average molecular weight is 369 g/mol. The summed E-state index contributed by atoms with van der Waals surface area (Å²) in [6.45, 7) is 1.85. The zero-order valence-electron chi connectivity index (χ0n) is 9.65. The molecule has 1 spiro atoms. The van der Waals surface area contributed by atoms with Crippen LogP contribution in [0.15, 0.2) is 26.8 Å². The van der Waals surface area contributed by atoms with Gasteiger partial charge in [0.15, 0.2) is 11.5 Å². The molecule has 0 radical (unpaired) electrons. The molecule has 2 aliphatic rings. The lowest BCUT2D eigenvalue weighted by Crippen LogP contribution is -2.43. The number of ketones is 1. The highest BCUT2D eigenvalue weighted by molar-refractivity contribution is 9.12. The van der Waals surface area contributed by atoms with Crippen LogP contribution in [0.1, 0.15) is 6.92 Å². The van der Waals surface area contributed by atoms with Crippen molar-refractivity contribution in [2.24, 2.45) is 5.16 Å². The second kappa shape index (κ2) is 5.26. The summed E-state index contributed by atoms with van der Waals surface area (Å²) in [6.07, 6.45) is 2.57. The summed E-state index contributed by atoms with van der Waals surface area (Å²) in [4.78, 5) is 28.3. The highest BCUT2D eigenvalue weighted by Crippen LogP contribution is 2.42. The van der Waals surface area contributed by atoms with E-state index in [2.05, 4.69) is 21.1 Å². The third kappa shape index (κ3) is 2.32. The number of allylic oxidation sites excluding steroid dienone is 2. The third-order valence-corrected chi connectivity index (χ3v) is 4.16. The molecule has 0 bridgehead atoms. The van der Waals surface area contributed by atoms with E-state index in [1.54, 1.807) is 6.92 Å². The maximum Gasteiger partial charge on any atom is 0.357 e. The van der Waals surface area contributed by atoms with E-state index in [0.717, 1.165) is 0 Å². The number of esters is 1. The molecule has 1 aliphatic carbocycles. The van der Waals surface area contributed by atoms with Crippen LogP contribution >= 0.6 is 39.1 Å². The third-order valence-electron chi connectivity index (χ3n) is 2.60. The van der Waals surface area contributed by atoms with Gasteiger partial charge in [-0.05, 0) is 28.9 Å². The molecular formula is C11H8BrCl2NO4. The topological polar surface area (TPSA) is 65.0 Å². The molecule has 0 amide bonds. The molecule has 2 rings (SSSR count). The number of rotatable bonds is 2. The molecule has 19 heavy (non-hydrogen) atoms. The average Bonchev–Trinajstić information content (AvgIpc) is 2.66. The second-order valence-corrected chi connectivity index (χ2v) is 5.49. The van der Waals surface area contributed by atoms with Crippen LogP contribution < -0.4 is 0 Å². The van der Waals surface area contributed by atoms with Gasteiger partial charge in [-0.25, -0.2) is 4.79 Å². The molecule has 0 fully saturated rings. The van der Waals surface area contributed by atoms with Crippen molar-refractivity contribution < 1.29 is 19.2 Å². The molecule has 0 saturated carbocycles. The Bertz CT molecular complexity index is 543. The zero-order valence-corrected chi connectivity index (χ0v) is 12.8. The molecule has 0 aromatic heterocycles. The van der Waals surface area contributed by atoms with Crippen LogP contribution in [0.4, 0.5) is 0 Å². The number of nitrogens with zero attached hydrogens (tertiary/aromatic N) is 1. The Balaban J connectivity index is 2.33. The van der Waals surface area contributed by atoms with Gasteiger partial charge < -0.3 is 9.57 Å². The minimum absolute atomic E-state index is 0.0590. The van der Waals surface area contributed by atoms with Crippen LogP contribution in [-0.2, 0) is 19.2 Å². The Morgan fingerprint density at radius 1 is 1.68 bits per heavy atom. The fourth-order valence-corrected chi connectivity index (χ4v) is 2.81. The smallest absolute Gasteiger partial charge is 0.357 e. The summed E-state index contributed by atoms with van der Waals surface area (Å²) in [5.74, 6) is -0.988. The Hall–Kier alpha value is -0.850. The molecule has 8 heteroatoms. The van der Waals surface area contributed by atoms with Crippen LogP contribution in [-0.4, -0.2) is 35.0 Å². The predicted molar refractivity (Wildman–Crippen MR) is 73.5 cm³/mol. The van der Waals surface area contributed by atoms with Crippen LogP contribution in [0.3, 0.4) is 0 Å². The Labute approximate surface area is 127 Å².